The number of aliphatic carboxylic acids is 2. The molecule has 0 heterocycles. The molecule has 0 radical (unpaired) electrons. The lowest BCUT2D eigenvalue weighted by Gasteiger charge is -2.64. The molecule has 4 atom stereocenters. The van der Waals surface area contributed by atoms with E-state index >= 15 is 0 Å². The molecule has 0 aromatic rings. The molecule has 0 aromatic carbocycles. The minimum absolute atomic E-state index is 0.0669. The number of rotatable bonds is 3. The van der Waals surface area contributed by atoms with Crippen molar-refractivity contribution in [2.24, 2.45) is 22.5 Å². The maximum absolute atomic E-state index is 11.6. The van der Waals surface area contributed by atoms with Gasteiger partial charge in [0.2, 0.25) is 0 Å². The zero-order chi connectivity index (χ0) is 13.2. The lowest BCUT2D eigenvalue weighted by molar-refractivity contribution is -0.181. The molecule has 5 nitrogen and oxygen atoms in total. The number of carboxylic acids is 2. The van der Waals surface area contributed by atoms with Crippen LogP contribution in [-0.4, -0.2) is 27.7 Å². The highest BCUT2D eigenvalue weighted by Crippen LogP contribution is 2.67. The molecule has 18 heavy (non-hydrogen) atoms. The molecule has 0 unspecified atom stereocenters. The molecule has 4 aliphatic rings. The SMILES string of the molecule is N[C@]12C[C@@H]3C[C@](CC(=O)O)(C1)C[C@@](C(=O)O)(C3)C2. The predicted molar refractivity (Wildman–Crippen MR) is 62.9 cm³/mol. The summed E-state index contributed by atoms with van der Waals surface area (Å²) in [6.07, 6.45) is 4.15. The van der Waals surface area contributed by atoms with Crippen LogP contribution in [0.4, 0.5) is 0 Å². The molecule has 4 bridgehead atoms. The van der Waals surface area contributed by atoms with Gasteiger partial charge in [0.15, 0.2) is 0 Å². The first kappa shape index (κ1) is 12.0. The minimum atomic E-state index is -0.832. The van der Waals surface area contributed by atoms with Crippen LogP contribution in [0.25, 0.3) is 0 Å². The summed E-state index contributed by atoms with van der Waals surface area (Å²) >= 11 is 0. The lowest BCUT2D eigenvalue weighted by Crippen LogP contribution is -2.65. The van der Waals surface area contributed by atoms with Gasteiger partial charge in [-0.3, -0.25) is 9.59 Å². The van der Waals surface area contributed by atoms with Gasteiger partial charge in [-0.2, -0.15) is 0 Å². The molecule has 4 saturated carbocycles. The van der Waals surface area contributed by atoms with Crippen molar-refractivity contribution in [3.63, 3.8) is 0 Å². The van der Waals surface area contributed by atoms with Crippen molar-refractivity contribution in [1.29, 1.82) is 0 Å². The summed E-state index contributed by atoms with van der Waals surface area (Å²) in [5, 5.41) is 18.6. The van der Waals surface area contributed by atoms with Crippen molar-refractivity contribution in [3.05, 3.63) is 0 Å². The van der Waals surface area contributed by atoms with Crippen LogP contribution in [0, 0.1) is 16.7 Å². The van der Waals surface area contributed by atoms with E-state index < -0.39 is 22.9 Å². The Morgan fingerprint density at radius 3 is 2.39 bits per heavy atom. The molecule has 100 valence electrons. The molecule has 0 aliphatic heterocycles. The van der Waals surface area contributed by atoms with Crippen molar-refractivity contribution in [2.45, 2.75) is 50.5 Å². The van der Waals surface area contributed by atoms with Gasteiger partial charge in [0.25, 0.3) is 0 Å². The topological polar surface area (TPSA) is 101 Å². The summed E-state index contributed by atoms with van der Waals surface area (Å²) in [7, 11) is 0. The molecule has 5 heteroatoms. The molecule has 0 spiro atoms. The molecular weight excluding hydrogens is 234 g/mol. The van der Waals surface area contributed by atoms with Gasteiger partial charge in [0.1, 0.15) is 0 Å². The van der Waals surface area contributed by atoms with Crippen molar-refractivity contribution >= 4 is 11.9 Å². The summed E-state index contributed by atoms with van der Waals surface area (Å²) in [6.45, 7) is 0. The van der Waals surface area contributed by atoms with E-state index in [-0.39, 0.29) is 11.8 Å². The van der Waals surface area contributed by atoms with Crippen molar-refractivity contribution in [3.8, 4) is 0 Å². The quantitative estimate of drug-likeness (QED) is 0.702. The second-order valence-corrected chi connectivity index (χ2v) is 7.03. The molecule has 0 aromatic heterocycles. The van der Waals surface area contributed by atoms with Crippen LogP contribution in [0.15, 0.2) is 0 Å². The van der Waals surface area contributed by atoms with E-state index in [1.165, 1.54) is 0 Å². The van der Waals surface area contributed by atoms with Crippen LogP contribution in [0.1, 0.15) is 44.9 Å². The zero-order valence-electron chi connectivity index (χ0n) is 10.3. The van der Waals surface area contributed by atoms with Crippen LogP contribution in [0.2, 0.25) is 0 Å². The molecule has 4 aliphatic carbocycles. The number of carbonyl (C=O) groups is 2. The van der Waals surface area contributed by atoms with Crippen LogP contribution in [-0.2, 0) is 9.59 Å². The van der Waals surface area contributed by atoms with Gasteiger partial charge in [-0.15, -0.1) is 0 Å². The summed E-state index contributed by atoms with van der Waals surface area (Å²) in [5.41, 5.74) is 4.76. The summed E-state index contributed by atoms with van der Waals surface area (Å²) < 4.78 is 0. The standard InChI is InChI=1S/C13H19NO4/c14-13-3-8-1-11(6-13,4-9(15)16)5-12(2-8,7-13)10(17)18/h8H,1-7,14H2,(H,15,16)(H,17,18)/t8-,11-,12+,13-/m1/s1. The third-order valence-electron chi connectivity index (χ3n) is 5.21. The Morgan fingerprint density at radius 2 is 1.83 bits per heavy atom. The number of hydrogen-bond acceptors (Lipinski definition) is 3. The monoisotopic (exact) mass is 253 g/mol. The van der Waals surface area contributed by atoms with E-state index in [9.17, 15) is 14.7 Å². The van der Waals surface area contributed by atoms with Crippen molar-refractivity contribution < 1.29 is 19.8 Å². The van der Waals surface area contributed by atoms with Gasteiger partial charge in [-0.05, 0) is 49.9 Å². The molecule has 0 saturated heterocycles. The Labute approximate surface area is 105 Å². The second-order valence-electron chi connectivity index (χ2n) is 7.03. The first-order valence-corrected chi connectivity index (χ1v) is 6.51. The maximum atomic E-state index is 11.6. The highest BCUT2D eigenvalue weighted by atomic mass is 16.4. The van der Waals surface area contributed by atoms with E-state index in [4.69, 9.17) is 10.8 Å². The molecule has 4 rings (SSSR count). The highest BCUT2D eigenvalue weighted by molar-refractivity contribution is 5.76. The fraction of sp³-hybridized carbons (Fsp3) is 0.846. The number of nitrogens with two attached hydrogens (primary N) is 1. The maximum Gasteiger partial charge on any atom is 0.309 e. The van der Waals surface area contributed by atoms with Crippen molar-refractivity contribution in [1.82, 2.24) is 0 Å². The first-order chi connectivity index (χ1) is 8.27. The van der Waals surface area contributed by atoms with Gasteiger partial charge < -0.3 is 15.9 Å². The van der Waals surface area contributed by atoms with Crippen molar-refractivity contribution in [2.75, 3.05) is 0 Å². The first-order valence-electron chi connectivity index (χ1n) is 6.51. The Bertz CT molecular complexity index is 437. The van der Waals surface area contributed by atoms with Crippen LogP contribution < -0.4 is 5.73 Å². The number of carboxylic acid groups (broad SMARTS) is 2. The van der Waals surface area contributed by atoms with Crippen LogP contribution >= 0.6 is 0 Å². The van der Waals surface area contributed by atoms with E-state index in [0.717, 1.165) is 12.8 Å². The van der Waals surface area contributed by atoms with Gasteiger partial charge in [-0.25, -0.2) is 0 Å². The summed E-state index contributed by atoms with van der Waals surface area (Å²) in [5.74, 6) is -1.32. The van der Waals surface area contributed by atoms with E-state index in [1.54, 1.807) is 0 Å². The average molecular weight is 253 g/mol. The van der Waals surface area contributed by atoms with E-state index in [1.807, 2.05) is 0 Å². The van der Waals surface area contributed by atoms with Crippen LogP contribution in [0.5, 0.6) is 0 Å². The fourth-order valence-electron chi connectivity index (χ4n) is 5.47. The van der Waals surface area contributed by atoms with Gasteiger partial charge in [0.05, 0.1) is 11.8 Å². The summed E-state index contributed by atoms with van der Waals surface area (Å²) in [6, 6.07) is 0. The van der Waals surface area contributed by atoms with Gasteiger partial charge >= 0.3 is 11.9 Å². The molecule has 4 N–H and O–H groups in total. The zero-order valence-corrected chi connectivity index (χ0v) is 10.3. The Hall–Kier alpha value is -1.10. The largest absolute Gasteiger partial charge is 0.481 e. The normalized spacial score (nSPS) is 49.3. The smallest absolute Gasteiger partial charge is 0.309 e. The Morgan fingerprint density at radius 1 is 1.11 bits per heavy atom. The lowest BCUT2D eigenvalue weighted by atomic mass is 9.41. The van der Waals surface area contributed by atoms with E-state index in [0.29, 0.717) is 31.6 Å². The Kier molecular flexibility index (Phi) is 2.17. The van der Waals surface area contributed by atoms with Gasteiger partial charge in [-0.1, -0.05) is 0 Å². The minimum Gasteiger partial charge on any atom is -0.481 e. The molecule has 0 amide bonds. The van der Waals surface area contributed by atoms with Crippen LogP contribution in [0.3, 0.4) is 0 Å². The second kappa shape index (κ2) is 3.26. The fourth-order valence-corrected chi connectivity index (χ4v) is 5.47. The third kappa shape index (κ3) is 1.56. The molecule has 4 fully saturated rings. The van der Waals surface area contributed by atoms with E-state index in [2.05, 4.69) is 0 Å². The number of hydrogen-bond donors (Lipinski definition) is 3. The predicted octanol–water partition coefficient (Wildman–Crippen LogP) is 1.21. The molecular formula is C13H19NO4. The summed E-state index contributed by atoms with van der Waals surface area (Å²) in [4.78, 5) is 22.7. The van der Waals surface area contributed by atoms with Gasteiger partial charge in [0, 0.05) is 5.54 Å². The Balaban J connectivity index is 2.00. The third-order valence-corrected chi connectivity index (χ3v) is 5.21. The average Bonchev–Trinajstić information content (AvgIpc) is 2.09. The highest BCUT2D eigenvalue weighted by Gasteiger charge is 2.65.